The monoisotopic (exact) mass is 440 g/mol. The first-order valence-electron chi connectivity index (χ1n) is 10.4. The molecule has 0 atom stereocenters. The number of amides is 1. The van der Waals surface area contributed by atoms with E-state index in [0.717, 1.165) is 11.1 Å². The molecule has 168 valence electrons. The Hall–Kier alpha value is -3.62. The summed E-state index contributed by atoms with van der Waals surface area (Å²) in [5, 5.41) is 7.02. The number of aromatic nitrogens is 2. The maximum absolute atomic E-state index is 13.0. The molecule has 1 aliphatic heterocycles. The molecule has 1 saturated heterocycles. The van der Waals surface area contributed by atoms with Crippen LogP contribution in [0.5, 0.6) is 11.5 Å². The number of nitrogens with one attached hydrogen (secondary N) is 1. The van der Waals surface area contributed by atoms with Crippen molar-refractivity contribution in [3.05, 3.63) is 53.8 Å². The number of benzene rings is 2. The summed E-state index contributed by atoms with van der Waals surface area (Å²) < 4.78 is 29.0. The molecule has 0 radical (unpaired) electrons. The number of ether oxygens (including phenoxy) is 2. The van der Waals surface area contributed by atoms with Crippen LogP contribution in [-0.2, 0) is 11.3 Å². The zero-order valence-corrected chi connectivity index (χ0v) is 18.0. The summed E-state index contributed by atoms with van der Waals surface area (Å²) in [6, 6.07) is 12.0. The van der Waals surface area contributed by atoms with Gasteiger partial charge in [0.15, 0.2) is 11.5 Å². The van der Waals surface area contributed by atoms with Crippen LogP contribution in [-0.4, -0.2) is 43.4 Å². The lowest BCUT2D eigenvalue weighted by Gasteiger charge is -2.29. The molecule has 1 aliphatic rings. The van der Waals surface area contributed by atoms with Crippen molar-refractivity contribution in [3.63, 3.8) is 0 Å². The molecule has 2 heterocycles. The van der Waals surface area contributed by atoms with Crippen LogP contribution < -0.4 is 19.7 Å². The second-order valence-corrected chi connectivity index (χ2v) is 7.58. The van der Waals surface area contributed by atoms with Gasteiger partial charge in [0.05, 0.1) is 14.2 Å². The van der Waals surface area contributed by atoms with E-state index in [-0.39, 0.29) is 17.6 Å². The number of carbonyl (C=O) groups excluding carboxylic acids is 1. The third kappa shape index (κ3) is 4.82. The number of rotatable bonds is 7. The zero-order valence-electron chi connectivity index (χ0n) is 18.0. The van der Waals surface area contributed by atoms with Crippen molar-refractivity contribution >= 4 is 11.9 Å². The molecule has 9 heteroatoms. The Kier molecular flexibility index (Phi) is 6.53. The molecular formula is C23H25FN4O4. The Morgan fingerprint density at radius 2 is 1.84 bits per heavy atom. The van der Waals surface area contributed by atoms with Gasteiger partial charge in [-0.05, 0) is 48.7 Å². The van der Waals surface area contributed by atoms with Crippen molar-refractivity contribution in [3.8, 4) is 22.9 Å². The van der Waals surface area contributed by atoms with E-state index >= 15 is 0 Å². The first-order chi connectivity index (χ1) is 15.6. The molecule has 0 saturated carbocycles. The normalized spacial score (nSPS) is 14.3. The third-order valence-electron chi connectivity index (χ3n) is 5.57. The van der Waals surface area contributed by atoms with E-state index in [2.05, 4.69) is 15.5 Å². The SMILES string of the molecule is COc1ccc(-c2noc(N3CCC(C(=O)NCc4ccc(F)cc4)CC3)n2)cc1OC. The lowest BCUT2D eigenvalue weighted by Crippen LogP contribution is -2.40. The molecule has 4 rings (SSSR count). The van der Waals surface area contributed by atoms with Gasteiger partial charge in [-0.2, -0.15) is 4.98 Å². The molecule has 1 aromatic heterocycles. The number of piperidine rings is 1. The molecule has 32 heavy (non-hydrogen) atoms. The van der Waals surface area contributed by atoms with Crippen LogP contribution in [0, 0.1) is 11.7 Å². The predicted octanol–water partition coefficient (Wildman–Crippen LogP) is 3.43. The molecule has 3 aromatic rings. The van der Waals surface area contributed by atoms with Crippen molar-refractivity contribution in [2.45, 2.75) is 19.4 Å². The summed E-state index contributed by atoms with van der Waals surface area (Å²) in [6.07, 6.45) is 1.37. The molecule has 0 aliphatic carbocycles. The van der Waals surface area contributed by atoms with Crippen molar-refractivity contribution in [1.29, 1.82) is 0 Å². The van der Waals surface area contributed by atoms with Crippen LogP contribution in [0.3, 0.4) is 0 Å². The molecule has 1 N–H and O–H groups in total. The summed E-state index contributed by atoms with van der Waals surface area (Å²) >= 11 is 0. The van der Waals surface area contributed by atoms with E-state index in [9.17, 15) is 9.18 Å². The highest BCUT2D eigenvalue weighted by Crippen LogP contribution is 2.32. The minimum Gasteiger partial charge on any atom is -0.493 e. The molecule has 0 unspecified atom stereocenters. The fourth-order valence-electron chi connectivity index (χ4n) is 3.71. The average Bonchev–Trinajstić information content (AvgIpc) is 3.33. The number of halogens is 1. The molecule has 2 aromatic carbocycles. The van der Waals surface area contributed by atoms with Gasteiger partial charge in [0.2, 0.25) is 11.7 Å². The lowest BCUT2D eigenvalue weighted by molar-refractivity contribution is -0.125. The zero-order chi connectivity index (χ0) is 22.5. The van der Waals surface area contributed by atoms with E-state index in [1.54, 1.807) is 38.5 Å². The first-order valence-corrected chi connectivity index (χ1v) is 10.4. The van der Waals surface area contributed by atoms with Gasteiger partial charge in [0.25, 0.3) is 0 Å². The number of anilines is 1. The van der Waals surface area contributed by atoms with Gasteiger partial charge in [0.1, 0.15) is 5.82 Å². The summed E-state index contributed by atoms with van der Waals surface area (Å²) in [7, 11) is 3.15. The van der Waals surface area contributed by atoms with Crippen molar-refractivity contribution in [1.82, 2.24) is 15.5 Å². The fraction of sp³-hybridized carbons (Fsp3) is 0.348. The van der Waals surface area contributed by atoms with E-state index in [1.165, 1.54) is 12.1 Å². The quantitative estimate of drug-likeness (QED) is 0.602. The molecule has 1 amide bonds. The second-order valence-electron chi connectivity index (χ2n) is 7.58. The average molecular weight is 440 g/mol. The maximum atomic E-state index is 13.0. The summed E-state index contributed by atoms with van der Waals surface area (Å²) in [6.45, 7) is 1.67. The van der Waals surface area contributed by atoms with Crippen molar-refractivity contribution < 1.29 is 23.2 Å². The van der Waals surface area contributed by atoms with Gasteiger partial charge in [-0.3, -0.25) is 4.79 Å². The molecule has 0 spiro atoms. The van der Waals surface area contributed by atoms with Crippen LogP contribution in [0.15, 0.2) is 47.0 Å². The number of hydrogen-bond acceptors (Lipinski definition) is 7. The van der Waals surface area contributed by atoms with Crippen LogP contribution in [0.2, 0.25) is 0 Å². The summed E-state index contributed by atoms with van der Waals surface area (Å²) in [5.41, 5.74) is 1.62. The van der Waals surface area contributed by atoms with Gasteiger partial charge in [0, 0.05) is 31.1 Å². The highest BCUT2D eigenvalue weighted by Gasteiger charge is 2.27. The minimum atomic E-state index is -0.289. The topological polar surface area (TPSA) is 89.7 Å². The predicted molar refractivity (Wildman–Crippen MR) is 116 cm³/mol. The van der Waals surface area contributed by atoms with Gasteiger partial charge < -0.3 is 24.2 Å². The largest absolute Gasteiger partial charge is 0.493 e. The van der Waals surface area contributed by atoms with Gasteiger partial charge >= 0.3 is 6.01 Å². The van der Waals surface area contributed by atoms with E-state index in [1.807, 2.05) is 11.0 Å². The van der Waals surface area contributed by atoms with E-state index in [0.29, 0.717) is 55.8 Å². The van der Waals surface area contributed by atoms with E-state index < -0.39 is 0 Å². The Morgan fingerprint density at radius 1 is 1.12 bits per heavy atom. The Balaban J connectivity index is 1.32. The van der Waals surface area contributed by atoms with Crippen LogP contribution >= 0.6 is 0 Å². The summed E-state index contributed by atoms with van der Waals surface area (Å²) in [4.78, 5) is 19.0. The minimum absolute atomic E-state index is 0.00511. The second kappa shape index (κ2) is 9.67. The van der Waals surface area contributed by atoms with E-state index in [4.69, 9.17) is 14.0 Å². The highest BCUT2D eigenvalue weighted by molar-refractivity contribution is 5.79. The highest BCUT2D eigenvalue weighted by atomic mass is 19.1. The molecular weight excluding hydrogens is 415 g/mol. The number of hydrogen-bond donors (Lipinski definition) is 1. The third-order valence-corrected chi connectivity index (χ3v) is 5.57. The molecule has 1 fully saturated rings. The smallest absolute Gasteiger partial charge is 0.324 e. The summed E-state index contributed by atoms with van der Waals surface area (Å²) in [5.74, 6) is 1.30. The Morgan fingerprint density at radius 3 is 2.53 bits per heavy atom. The lowest BCUT2D eigenvalue weighted by atomic mass is 9.96. The van der Waals surface area contributed by atoms with Crippen LogP contribution in [0.1, 0.15) is 18.4 Å². The molecule has 8 nitrogen and oxygen atoms in total. The number of nitrogens with zero attached hydrogens (tertiary/aromatic N) is 3. The van der Waals surface area contributed by atoms with Crippen LogP contribution in [0.4, 0.5) is 10.4 Å². The van der Waals surface area contributed by atoms with Crippen molar-refractivity contribution in [2.75, 3.05) is 32.2 Å². The maximum Gasteiger partial charge on any atom is 0.324 e. The number of carbonyl (C=O) groups is 1. The Bertz CT molecular complexity index is 1060. The first kappa shape index (κ1) is 21.6. The van der Waals surface area contributed by atoms with Gasteiger partial charge in [-0.15, -0.1) is 0 Å². The van der Waals surface area contributed by atoms with Crippen LogP contribution in [0.25, 0.3) is 11.4 Å². The standard InChI is InChI=1S/C23H25FN4O4/c1-30-19-8-5-17(13-20(19)31-2)21-26-23(32-27-21)28-11-9-16(10-12-28)22(29)25-14-15-3-6-18(24)7-4-15/h3-8,13,16H,9-12,14H2,1-2H3,(H,25,29). The fourth-order valence-corrected chi connectivity index (χ4v) is 3.71. The van der Waals surface area contributed by atoms with Gasteiger partial charge in [-0.25, -0.2) is 4.39 Å². The molecule has 0 bridgehead atoms. The van der Waals surface area contributed by atoms with Crippen molar-refractivity contribution in [2.24, 2.45) is 5.92 Å². The number of methoxy groups -OCH3 is 2. The van der Waals surface area contributed by atoms with Gasteiger partial charge in [-0.1, -0.05) is 17.3 Å². The Labute approximate surface area is 185 Å².